The average Bonchev–Trinajstić information content (AvgIpc) is 1.61. The molecule has 0 bridgehead atoms. The maximum atomic E-state index is 9.41. The summed E-state index contributed by atoms with van der Waals surface area (Å²) in [5.74, 6) is 0. The lowest BCUT2D eigenvalue weighted by Crippen LogP contribution is -1.91. The minimum Gasteiger partial charge on any atom is -0.386 e. The Morgan fingerprint density at radius 1 is 1.83 bits per heavy atom. The number of carbonyl (C=O) groups is 1. The molecule has 2 nitrogen and oxygen atoms in total. The fraction of sp³-hybridized carbons (Fsp3) is 0.250. The number of allylic oxidation sites excluding steroid dienone is 1. The van der Waals surface area contributed by atoms with E-state index in [9.17, 15) is 4.79 Å². The summed E-state index contributed by atoms with van der Waals surface area (Å²) in [6.45, 7) is 0. The molecular weight excluding hydrogens is 78.0 g/mol. The summed E-state index contributed by atoms with van der Waals surface area (Å²) in [5, 5.41) is 2.53. The van der Waals surface area contributed by atoms with Crippen molar-refractivity contribution < 1.29 is 4.79 Å². The molecule has 0 saturated carbocycles. The average molecular weight is 84.1 g/mol. The molecule has 6 heavy (non-hydrogen) atoms. The lowest BCUT2D eigenvalue weighted by Gasteiger charge is -1.72. The van der Waals surface area contributed by atoms with Gasteiger partial charge in [-0.25, -0.2) is 0 Å². The highest BCUT2D eigenvalue weighted by Crippen LogP contribution is 1.49. The van der Waals surface area contributed by atoms with Gasteiger partial charge in [-0.05, 0) is 0 Å². The number of hydrogen-bond donors (Lipinski definition) is 1. The minimum absolute atomic E-state index is 0.663. The van der Waals surface area contributed by atoms with Crippen molar-refractivity contribution in [2.24, 2.45) is 0 Å². The van der Waals surface area contributed by atoms with Crippen molar-refractivity contribution in [3.8, 4) is 0 Å². The van der Waals surface area contributed by atoms with Crippen molar-refractivity contribution in [1.29, 1.82) is 0 Å². The van der Waals surface area contributed by atoms with Crippen LogP contribution >= 0.6 is 0 Å². The van der Waals surface area contributed by atoms with Crippen LogP contribution in [0.4, 0.5) is 0 Å². The van der Waals surface area contributed by atoms with Crippen LogP contribution in [-0.4, -0.2) is 13.3 Å². The van der Waals surface area contributed by atoms with Gasteiger partial charge in [-0.2, -0.15) is 0 Å². The van der Waals surface area contributed by atoms with Crippen molar-refractivity contribution in [1.82, 2.24) is 5.32 Å². The first-order valence-corrected chi connectivity index (χ1v) is 1.61. The van der Waals surface area contributed by atoms with E-state index in [-0.39, 0.29) is 0 Å². The zero-order valence-corrected chi connectivity index (χ0v) is 3.56. The van der Waals surface area contributed by atoms with Crippen molar-refractivity contribution in [3.63, 3.8) is 0 Å². The number of rotatable bonds is 2. The van der Waals surface area contributed by atoms with Crippen LogP contribution in [0.25, 0.3) is 0 Å². The molecule has 0 amide bonds. The van der Waals surface area contributed by atoms with Gasteiger partial charge in [0, 0.05) is 13.1 Å². The maximum Gasteiger partial charge on any atom is 0.144 e. The van der Waals surface area contributed by atoms with Gasteiger partial charge in [0.05, 0.1) is 6.20 Å². The fourth-order valence-corrected chi connectivity index (χ4v) is 0.117. The molecule has 0 atom stereocenters. The van der Waals surface area contributed by atoms with Gasteiger partial charge in [-0.3, -0.25) is 4.79 Å². The van der Waals surface area contributed by atoms with Gasteiger partial charge >= 0.3 is 0 Å². The largest absolute Gasteiger partial charge is 0.386 e. The summed E-state index contributed by atoms with van der Waals surface area (Å²) < 4.78 is 0. The van der Waals surface area contributed by atoms with Crippen LogP contribution < -0.4 is 5.32 Å². The van der Waals surface area contributed by atoms with E-state index in [1.54, 1.807) is 7.05 Å². The van der Waals surface area contributed by atoms with Crippen LogP contribution in [0, 0.1) is 6.20 Å². The molecule has 1 radical (unpaired) electrons. The third kappa shape index (κ3) is 3.21. The van der Waals surface area contributed by atoms with E-state index in [0.29, 0.717) is 6.29 Å². The summed E-state index contributed by atoms with van der Waals surface area (Å²) in [7, 11) is 1.68. The van der Waals surface area contributed by atoms with Gasteiger partial charge in [0.15, 0.2) is 0 Å². The Bertz CT molecular complexity index is 58.6. The van der Waals surface area contributed by atoms with Crippen molar-refractivity contribution in [3.05, 3.63) is 12.3 Å². The van der Waals surface area contributed by atoms with Crippen molar-refractivity contribution in [2.75, 3.05) is 7.05 Å². The molecule has 0 aliphatic heterocycles. The minimum atomic E-state index is 0.663. The number of carbonyl (C=O) groups excluding carboxylic acids is 1. The Balaban J connectivity index is 2.94. The molecule has 0 fully saturated rings. The Labute approximate surface area is 36.9 Å². The summed E-state index contributed by atoms with van der Waals surface area (Å²) in [5.41, 5.74) is 0. The molecule has 0 rings (SSSR count). The normalized spacial score (nSPS) is 8.83. The fourth-order valence-electron chi connectivity index (χ4n) is 0.117. The van der Waals surface area contributed by atoms with Crippen LogP contribution in [0.1, 0.15) is 0 Å². The van der Waals surface area contributed by atoms with Crippen LogP contribution in [0.5, 0.6) is 0 Å². The number of nitrogens with one attached hydrogen (secondary N) is 1. The van der Waals surface area contributed by atoms with E-state index < -0.39 is 0 Å². The molecule has 0 spiro atoms. The van der Waals surface area contributed by atoms with Gasteiger partial charge in [-0.1, -0.05) is 0 Å². The monoisotopic (exact) mass is 84.0 g/mol. The first-order valence-electron chi connectivity index (χ1n) is 1.61. The lowest BCUT2D eigenvalue weighted by molar-refractivity contribution is -0.104. The third-order valence-corrected chi connectivity index (χ3v) is 0.296. The first kappa shape index (κ1) is 5.21. The Kier molecular flexibility index (Phi) is 3.66. The second kappa shape index (κ2) is 4.21. The second-order valence-corrected chi connectivity index (χ2v) is 0.697. The van der Waals surface area contributed by atoms with E-state index in [2.05, 4.69) is 11.5 Å². The van der Waals surface area contributed by atoms with Crippen LogP contribution in [0.2, 0.25) is 0 Å². The Hall–Kier alpha value is -0.790. The highest BCUT2D eigenvalue weighted by molar-refractivity contribution is 5.63. The first-order chi connectivity index (χ1) is 2.91. The van der Waals surface area contributed by atoms with E-state index >= 15 is 0 Å². The van der Waals surface area contributed by atoms with Gasteiger partial charge in [0.25, 0.3) is 0 Å². The molecule has 0 aromatic heterocycles. The highest BCUT2D eigenvalue weighted by atomic mass is 16.1. The molecule has 0 unspecified atom stereocenters. The van der Waals surface area contributed by atoms with E-state index in [1.807, 2.05) is 0 Å². The summed E-state index contributed by atoms with van der Waals surface area (Å²) >= 11 is 0. The molecule has 0 aliphatic rings. The SMILES string of the molecule is CN/[C]=C/C=O. The molecule has 1 N–H and O–H groups in total. The molecule has 0 aromatic carbocycles. The quantitative estimate of drug-likeness (QED) is 0.283. The van der Waals surface area contributed by atoms with Crippen molar-refractivity contribution >= 4 is 6.29 Å². The topological polar surface area (TPSA) is 29.1 Å². The van der Waals surface area contributed by atoms with Crippen molar-refractivity contribution in [2.45, 2.75) is 0 Å². The zero-order valence-electron chi connectivity index (χ0n) is 3.56. The molecule has 0 aromatic rings. The van der Waals surface area contributed by atoms with E-state index in [0.717, 1.165) is 0 Å². The summed E-state index contributed by atoms with van der Waals surface area (Å²) in [6, 6.07) is 0. The molecule has 0 aliphatic carbocycles. The molecule has 0 heterocycles. The Morgan fingerprint density at radius 2 is 2.50 bits per heavy atom. The molecular formula is C4H6NO. The number of aldehydes is 1. The van der Waals surface area contributed by atoms with E-state index in [1.165, 1.54) is 6.08 Å². The third-order valence-electron chi connectivity index (χ3n) is 0.296. The van der Waals surface area contributed by atoms with E-state index in [4.69, 9.17) is 0 Å². The lowest BCUT2D eigenvalue weighted by atomic mass is 10.7. The predicted molar refractivity (Wildman–Crippen MR) is 22.9 cm³/mol. The second-order valence-electron chi connectivity index (χ2n) is 0.697. The molecule has 2 heteroatoms. The van der Waals surface area contributed by atoms with Gasteiger partial charge in [0.1, 0.15) is 6.29 Å². The zero-order chi connectivity index (χ0) is 4.83. The van der Waals surface area contributed by atoms with Crippen LogP contribution in [-0.2, 0) is 4.79 Å². The van der Waals surface area contributed by atoms with Crippen LogP contribution in [0.3, 0.4) is 0 Å². The maximum absolute atomic E-state index is 9.41. The van der Waals surface area contributed by atoms with Gasteiger partial charge < -0.3 is 5.32 Å². The smallest absolute Gasteiger partial charge is 0.144 e. The highest BCUT2D eigenvalue weighted by Gasteiger charge is 1.56. The molecule has 0 saturated heterocycles. The predicted octanol–water partition coefficient (Wildman–Crippen LogP) is -0.278. The van der Waals surface area contributed by atoms with Crippen LogP contribution in [0.15, 0.2) is 6.08 Å². The number of hydrogen-bond acceptors (Lipinski definition) is 2. The summed E-state index contributed by atoms with van der Waals surface area (Å²) in [4.78, 5) is 9.41. The van der Waals surface area contributed by atoms with Gasteiger partial charge in [0.2, 0.25) is 0 Å². The molecule has 33 valence electrons. The summed E-state index contributed by atoms with van der Waals surface area (Å²) in [6.07, 6.45) is 4.38. The Morgan fingerprint density at radius 3 is 2.67 bits per heavy atom. The standard InChI is InChI=1S/C4H6NO/c1-5-3-2-4-6/h2,4-5H,1H3. The van der Waals surface area contributed by atoms with Gasteiger partial charge in [-0.15, -0.1) is 0 Å².